The Bertz CT molecular complexity index is 973. The number of piperidine rings is 1. The molecule has 4 rings (SSSR count). The summed E-state index contributed by atoms with van der Waals surface area (Å²) in [6.45, 7) is 1.92. The maximum atomic E-state index is 13.5. The maximum Gasteiger partial charge on any atom is 0.322 e. The number of amides is 2. The van der Waals surface area contributed by atoms with Crippen molar-refractivity contribution in [3.63, 3.8) is 0 Å². The van der Waals surface area contributed by atoms with Gasteiger partial charge in [0.2, 0.25) is 0 Å². The van der Waals surface area contributed by atoms with Crippen LogP contribution in [0.15, 0.2) is 91.0 Å². The minimum Gasteiger partial charge on any atom is -0.309 e. The third-order valence-electron chi connectivity index (χ3n) is 5.60. The summed E-state index contributed by atoms with van der Waals surface area (Å²) in [6, 6.07) is 28.2. The van der Waals surface area contributed by atoms with Crippen LogP contribution in [0.5, 0.6) is 0 Å². The predicted molar refractivity (Wildman–Crippen MR) is 114 cm³/mol. The van der Waals surface area contributed by atoms with Gasteiger partial charge in [-0.15, -0.1) is 0 Å². The Morgan fingerprint density at radius 1 is 0.828 bits per heavy atom. The second-order valence-electron chi connectivity index (χ2n) is 7.44. The van der Waals surface area contributed by atoms with E-state index in [1.165, 1.54) is 0 Å². The summed E-state index contributed by atoms with van der Waals surface area (Å²) in [5, 5.41) is 3.02. The van der Waals surface area contributed by atoms with Crippen molar-refractivity contribution in [2.24, 2.45) is 5.92 Å². The predicted octanol–water partition coefficient (Wildman–Crippen LogP) is 5.61. The molecule has 3 aromatic rings. The van der Waals surface area contributed by atoms with Crippen LogP contribution in [0.25, 0.3) is 0 Å². The first-order valence-electron chi connectivity index (χ1n) is 9.92. The molecule has 0 unspecified atom stereocenters. The number of anilines is 1. The van der Waals surface area contributed by atoms with Gasteiger partial charge in [-0.3, -0.25) is 4.79 Å². The molecule has 2 amide bonds. The van der Waals surface area contributed by atoms with Crippen molar-refractivity contribution in [1.82, 2.24) is 4.90 Å². The average Bonchev–Trinajstić information content (AvgIpc) is 2.77. The number of nitrogens with one attached hydrogen (secondary N) is 1. The maximum absolute atomic E-state index is 13.5. The molecular weight excluding hydrogens is 360 g/mol. The number of para-hydroxylation sites is 1. The number of nitrogens with zero attached hydrogens (tertiary/aromatic N) is 1. The van der Waals surface area contributed by atoms with Crippen LogP contribution in [0.3, 0.4) is 0 Å². The lowest BCUT2D eigenvalue weighted by atomic mass is 9.80. The Balaban J connectivity index is 1.77. The van der Waals surface area contributed by atoms with E-state index in [2.05, 4.69) is 5.32 Å². The molecule has 1 heterocycles. The normalized spacial score (nSPS) is 21.6. The molecule has 0 bridgehead atoms. The highest BCUT2D eigenvalue weighted by Crippen LogP contribution is 2.43. The molecule has 0 spiro atoms. The van der Waals surface area contributed by atoms with Gasteiger partial charge in [0.1, 0.15) is 5.78 Å². The number of rotatable bonds is 3. The summed E-state index contributed by atoms with van der Waals surface area (Å²) in [7, 11) is 0. The van der Waals surface area contributed by atoms with Gasteiger partial charge >= 0.3 is 6.03 Å². The molecule has 0 aromatic heterocycles. The van der Waals surface area contributed by atoms with E-state index in [4.69, 9.17) is 0 Å². The van der Waals surface area contributed by atoms with E-state index in [0.29, 0.717) is 6.42 Å². The van der Waals surface area contributed by atoms with E-state index in [9.17, 15) is 9.59 Å². The van der Waals surface area contributed by atoms with Gasteiger partial charge in [-0.25, -0.2) is 4.79 Å². The highest BCUT2D eigenvalue weighted by molar-refractivity contribution is 5.93. The molecular formula is C25H24N2O2. The lowest BCUT2D eigenvalue weighted by Crippen LogP contribution is -2.49. The number of carbonyl (C=O) groups is 2. The summed E-state index contributed by atoms with van der Waals surface area (Å²) in [6.07, 6.45) is 0.316. The number of likely N-dealkylation sites (tertiary alicyclic amines) is 1. The fraction of sp³-hybridized carbons (Fsp3) is 0.200. The fourth-order valence-corrected chi connectivity index (χ4v) is 4.12. The Labute approximate surface area is 171 Å². The van der Waals surface area contributed by atoms with Crippen LogP contribution in [-0.2, 0) is 4.79 Å². The number of hydrogen-bond acceptors (Lipinski definition) is 2. The minimum atomic E-state index is -0.327. The number of Topliss-reactive ketones (excluding diaryl/α,β-unsaturated/α-hetero) is 1. The van der Waals surface area contributed by atoms with Crippen molar-refractivity contribution in [3.8, 4) is 0 Å². The first-order valence-corrected chi connectivity index (χ1v) is 9.92. The van der Waals surface area contributed by atoms with Gasteiger partial charge in [-0.05, 0) is 23.3 Å². The Hall–Kier alpha value is -3.40. The van der Waals surface area contributed by atoms with Gasteiger partial charge in [0.15, 0.2) is 0 Å². The van der Waals surface area contributed by atoms with Gasteiger partial charge in [-0.1, -0.05) is 85.8 Å². The lowest BCUT2D eigenvalue weighted by molar-refractivity contribution is -0.129. The van der Waals surface area contributed by atoms with Gasteiger partial charge in [0, 0.05) is 18.0 Å². The van der Waals surface area contributed by atoms with Gasteiger partial charge in [0.25, 0.3) is 0 Å². The van der Waals surface area contributed by atoms with Gasteiger partial charge in [0.05, 0.1) is 12.1 Å². The van der Waals surface area contributed by atoms with Gasteiger partial charge < -0.3 is 10.2 Å². The molecule has 4 heteroatoms. The zero-order valence-electron chi connectivity index (χ0n) is 16.4. The van der Waals surface area contributed by atoms with Crippen LogP contribution >= 0.6 is 0 Å². The average molecular weight is 384 g/mol. The molecule has 0 aliphatic carbocycles. The van der Waals surface area contributed by atoms with Crippen LogP contribution in [-0.4, -0.2) is 16.7 Å². The molecule has 3 atom stereocenters. The molecule has 3 aromatic carbocycles. The van der Waals surface area contributed by atoms with Crippen molar-refractivity contribution in [2.45, 2.75) is 25.4 Å². The van der Waals surface area contributed by atoms with Crippen LogP contribution in [0.4, 0.5) is 10.5 Å². The van der Waals surface area contributed by atoms with Crippen molar-refractivity contribution >= 4 is 17.5 Å². The van der Waals surface area contributed by atoms with E-state index in [1.54, 1.807) is 0 Å². The highest BCUT2D eigenvalue weighted by Gasteiger charge is 2.43. The van der Waals surface area contributed by atoms with E-state index >= 15 is 0 Å². The molecule has 0 radical (unpaired) electrons. The zero-order chi connectivity index (χ0) is 20.2. The topological polar surface area (TPSA) is 49.4 Å². The first kappa shape index (κ1) is 18.9. The van der Waals surface area contributed by atoms with Crippen LogP contribution in [0.1, 0.15) is 36.6 Å². The van der Waals surface area contributed by atoms with Gasteiger partial charge in [-0.2, -0.15) is 0 Å². The number of ketones is 1. The molecule has 29 heavy (non-hydrogen) atoms. The first-order chi connectivity index (χ1) is 14.1. The number of benzene rings is 3. The zero-order valence-corrected chi connectivity index (χ0v) is 16.4. The highest BCUT2D eigenvalue weighted by atomic mass is 16.2. The van der Waals surface area contributed by atoms with E-state index < -0.39 is 0 Å². The molecule has 146 valence electrons. The molecule has 1 aliphatic rings. The number of urea groups is 1. The van der Waals surface area contributed by atoms with Crippen LogP contribution in [0, 0.1) is 5.92 Å². The molecule has 1 aliphatic heterocycles. The Morgan fingerprint density at radius 3 is 1.93 bits per heavy atom. The lowest BCUT2D eigenvalue weighted by Gasteiger charge is -2.45. The summed E-state index contributed by atoms with van der Waals surface area (Å²) >= 11 is 0. The van der Waals surface area contributed by atoms with E-state index in [-0.39, 0.29) is 29.8 Å². The van der Waals surface area contributed by atoms with Crippen molar-refractivity contribution in [3.05, 3.63) is 102 Å². The Morgan fingerprint density at radius 2 is 1.34 bits per heavy atom. The third-order valence-corrected chi connectivity index (χ3v) is 5.60. The fourth-order valence-electron chi connectivity index (χ4n) is 4.12. The monoisotopic (exact) mass is 384 g/mol. The molecule has 1 fully saturated rings. The number of carbonyl (C=O) groups excluding carboxylic acids is 2. The molecule has 1 N–H and O–H groups in total. The SMILES string of the molecule is C[C@@H]1C(=O)C[C@H](c2ccccc2)N(C(=O)Nc2ccccc2)[C@@H]1c1ccccc1. The Kier molecular flexibility index (Phi) is 5.43. The van der Waals surface area contributed by atoms with E-state index in [0.717, 1.165) is 16.8 Å². The van der Waals surface area contributed by atoms with Crippen molar-refractivity contribution in [1.29, 1.82) is 0 Å². The van der Waals surface area contributed by atoms with E-state index in [1.807, 2.05) is 103 Å². The van der Waals surface area contributed by atoms with Crippen LogP contribution < -0.4 is 5.32 Å². The standard InChI is InChI=1S/C25H24N2O2/c1-18-23(28)17-22(19-11-5-2-6-12-19)27(24(18)20-13-7-3-8-14-20)25(29)26-21-15-9-4-10-16-21/h2-16,18,22,24H,17H2,1H3,(H,26,29)/t18-,22-,24+/m1/s1. The largest absolute Gasteiger partial charge is 0.322 e. The summed E-state index contributed by atoms with van der Waals surface area (Å²) in [5.74, 6) is -0.102. The molecule has 0 saturated carbocycles. The van der Waals surface area contributed by atoms with Crippen molar-refractivity contribution in [2.75, 3.05) is 5.32 Å². The second-order valence-corrected chi connectivity index (χ2v) is 7.44. The van der Waals surface area contributed by atoms with Crippen molar-refractivity contribution < 1.29 is 9.59 Å². The minimum absolute atomic E-state index is 0.177. The summed E-state index contributed by atoms with van der Waals surface area (Å²) < 4.78 is 0. The second kappa shape index (κ2) is 8.31. The number of hydrogen-bond donors (Lipinski definition) is 1. The molecule has 4 nitrogen and oxygen atoms in total. The smallest absolute Gasteiger partial charge is 0.309 e. The quantitative estimate of drug-likeness (QED) is 0.638. The molecule has 1 saturated heterocycles. The third kappa shape index (κ3) is 3.92. The summed E-state index contributed by atoms with van der Waals surface area (Å²) in [4.78, 5) is 28.3. The summed E-state index contributed by atoms with van der Waals surface area (Å²) in [5.41, 5.74) is 2.68. The van der Waals surface area contributed by atoms with Crippen LogP contribution in [0.2, 0.25) is 0 Å².